The van der Waals surface area contributed by atoms with Gasteiger partial charge in [-0.2, -0.15) is 0 Å². The first kappa shape index (κ1) is 14.8. The highest BCUT2D eigenvalue weighted by molar-refractivity contribution is 6.13. The van der Waals surface area contributed by atoms with Gasteiger partial charge < -0.3 is 0 Å². The molecule has 2 nitrogen and oxygen atoms in total. The van der Waals surface area contributed by atoms with Crippen molar-refractivity contribution in [2.45, 2.75) is 0 Å². The van der Waals surface area contributed by atoms with E-state index in [1.54, 1.807) is 0 Å². The molecule has 0 saturated heterocycles. The molecule has 0 fully saturated rings. The summed E-state index contributed by atoms with van der Waals surface area (Å²) in [5, 5.41) is 0. The molecule has 0 unspecified atom stereocenters. The number of rotatable bonds is 2. The summed E-state index contributed by atoms with van der Waals surface area (Å²) < 4.78 is 0. The highest BCUT2D eigenvalue weighted by Crippen LogP contribution is 2.48. The number of fused-ring (bicyclic) bond motifs is 3. The second-order valence-corrected chi connectivity index (χ2v) is 6.32. The molecule has 0 atom stereocenters. The van der Waals surface area contributed by atoms with Crippen LogP contribution in [0.15, 0.2) is 97.6 Å². The predicted octanol–water partition coefficient (Wildman–Crippen LogP) is 5.46. The van der Waals surface area contributed by atoms with Crippen molar-refractivity contribution in [2.75, 3.05) is 0 Å². The third-order valence-corrected chi connectivity index (χ3v) is 4.83. The molecule has 2 aromatic heterocycles. The molecule has 26 heavy (non-hydrogen) atoms. The van der Waals surface area contributed by atoms with Gasteiger partial charge in [0.25, 0.3) is 0 Å². The second-order valence-electron chi connectivity index (χ2n) is 6.32. The Bertz CT molecular complexity index is 1020. The molecular formula is C24H16N2. The summed E-state index contributed by atoms with van der Waals surface area (Å²) in [6, 6.07) is 25.4. The lowest BCUT2D eigenvalue weighted by molar-refractivity contribution is 1.28. The minimum Gasteiger partial charge on any atom is -0.264 e. The SMILES string of the molecule is c1cncc(C(=C2c3ccccc3-c3ccccc32)c2cccnc2)c1. The van der Waals surface area contributed by atoms with Gasteiger partial charge >= 0.3 is 0 Å². The Hall–Kier alpha value is -3.52. The summed E-state index contributed by atoms with van der Waals surface area (Å²) in [6.45, 7) is 0. The molecule has 0 amide bonds. The smallest absolute Gasteiger partial charge is 0.0346 e. The van der Waals surface area contributed by atoms with Crippen LogP contribution >= 0.6 is 0 Å². The minimum atomic E-state index is 1.10. The fourth-order valence-corrected chi connectivity index (χ4v) is 3.76. The molecule has 122 valence electrons. The van der Waals surface area contributed by atoms with Gasteiger partial charge in [0, 0.05) is 41.5 Å². The van der Waals surface area contributed by atoms with Crippen molar-refractivity contribution in [2.24, 2.45) is 0 Å². The summed E-state index contributed by atoms with van der Waals surface area (Å²) in [7, 11) is 0. The Morgan fingerprint density at radius 3 is 1.38 bits per heavy atom. The van der Waals surface area contributed by atoms with Crippen molar-refractivity contribution >= 4 is 11.1 Å². The van der Waals surface area contributed by atoms with E-state index in [1.165, 1.54) is 33.4 Å². The van der Waals surface area contributed by atoms with E-state index in [9.17, 15) is 0 Å². The third-order valence-electron chi connectivity index (χ3n) is 4.83. The van der Waals surface area contributed by atoms with Crippen molar-refractivity contribution in [3.05, 3.63) is 120 Å². The molecule has 0 saturated carbocycles. The zero-order chi connectivity index (χ0) is 17.3. The summed E-state index contributed by atoms with van der Waals surface area (Å²) >= 11 is 0. The lowest BCUT2D eigenvalue weighted by Gasteiger charge is -2.14. The largest absolute Gasteiger partial charge is 0.264 e. The van der Waals surface area contributed by atoms with E-state index >= 15 is 0 Å². The van der Waals surface area contributed by atoms with Gasteiger partial charge in [-0.1, -0.05) is 60.7 Å². The minimum absolute atomic E-state index is 1.10. The van der Waals surface area contributed by atoms with Crippen LogP contribution in [-0.4, -0.2) is 9.97 Å². The monoisotopic (exact) mass is 332 g/mol. The number of hydrogen-bond donors (Lipinski definition) is 0. The first-order valence-corrected chi connectivity index (χ1v) is 8.68. The maximum atomic E-state index is 4.36. The Morgan fingerprint density at radius 2 is 0.962 bits per heavy atom. The van der Waals surface area contributed by atoms with Gasteiger partial charge in [0.15, 0.2) is 0 Å². The quantitative estimate of drug-likeness (QED) is 0.429. The average Bonchev–Trinajstić information content (AvgIpc) is 3.05. The molecule has 2 aromatic carbocycles. The Balaban J connectivity index is 1.93. The van der Waals surface area contributed by atoms with Gasteiger partial charge in [0.1, 0.15) is 0 Å². The zero-order valence-electron chi connectivity index (χ0n) is 14.1. The fourth-order valence-electron chi connectivity index (χ4n) is 3.76. The Morgan fingerprint density at radius 1 is 0.500 bits per heavy atom. The van der Waals surface area contributed by atoms with Crippen molar-refractivity contribution < 1.29 is 0 Å². The van der Waals surface area contributed by atoms with Crippen LogP contribution in [0.4, 0.5) is 0 Å². The van der Waals surface area contributed by atoms with Gasteiger partial charge in [0.2, 0.25) is 0 Å². The molecule has 2 heteroatoms. The van der Waals surface area contributed by atoms with Crippen LogP contribution in [0.25, 0.3) is 22.3 Å². The lowest BCUT2D eigenvalue weighted by Crippen LogP contribution is -1.95. The molecule has 0 spiro atoms. The topological polar surface area (TPSA) is 25.8 Å². The van der Waals surface area contributed by atoms with Gasteiger partial charge in [-0.25, -0.2) is 0 Å². The molecule has 5 rings (SSSR count). The molecule has 0 radical (unpaired) electrons. The van der Waals surface area contributed by atoms with Gasteiger partial charge in [-0.15, -0.1) is 0 Å². The van der Waals surface area contributed by atoms with Crippen molar-refractivity contribution in [1.29, 1.82) is 0 Å². The standard InChI is InChI=1S/C24H16N2/c1-3-11-21-19(9-1)20-10-2-4-12-22(20)24(21)23(17-7-5-13-25-15-17)18-8-6-14-26-16-18/h1-16H. The van der Waals surface area contributed by atoms with E-state index in [0.717, 1.165) is 11.1 Å². The van der Waals surface area contributed by atoms with Gasteiger partial charge in [-0.3, -0.25) is 9.97 Å². The molecule has 2 heterocycles. The third kappa shape index (κ3) is 2.27. The van der Waals surface area contributed by atoms with Crippen LogP contribution in [0.1, 0.15) is 22.3 Å². The first-order valence-electron chi connectivity index (χ1n) is 8.68. The number of aromatic nitrogens is 2. The van der Waals surface area contributed by atoms with E-state index in [2.05, 4.69) is 70.6 Å². The van der Waals surface area contributed by atoms with Crippen molar-refractivity contribution in [3.8, 4) is 11.1 Å². The van der Waals surface area contributed by atoms with Crippen LogP contribution in [-0.2, 0) is 0 Å². The zero-order valence-corrected chi connectivity index (χ0v) is 14.1. The average molecular weight is 332 g/mol. The van der Waals surface area contributed by atoms with Crippen LogP contribution in [0.5, 0.6) is 0 Å². The number of nitrogens with zero attached hydrogens (tertiary/aromatic N) is 2. The molecule has 0 aliphatic heterocycles. The van der Waals surface area contributed by atoms with Crippen molar-refractivity contribution in [3.63, 3.8) is 0 Å². The summed E-state index contributed by atoms with van der Waals surface area (Å²) in [6.07, 6.45) is 7.48. The number of pyridine rings is 2. The number of benzene rings is 2. The van der Waals surface area contributed by atoms with Crippen LogP contribution < -0.4 is 0 Å². The highest BCUT2D eigenvalue weighted by Gasteiger charge is 2.26. The molecular weight excluding hydrogens is 316 g/mol. The molecule has 0 N–H and O–H groups in total. The first-order chi connectivity index (χ1) is 12.9. The van der Waals surface area contributed by atoms with Gasteiger partial charge in [0.05, 0.1) is 0 Å². The van der Waals surface area contributed by atoms with E-state index in [1.807, 2.05) is 36.9 Å². The van der Waals surface area contributed by atoms with Crippen LogP contribution in [0.2, 0.25) is 0 Å². The maximum absolute atomic E-state index is 4.36. The molecule has 4 aromatic rings. The van der Waals surface area contributed by atoms with Crippen LogP contribution in [0.3, 0.4) is 0 Å². The number of hydrogen-bond acceptors (Lipinski definition) is 2. The normalized spacial score (nSPS) is 11.8. The predicted molar refractivity (Wildman–Crippen MR) is 105 cm³/mol. The summed E-state index contributed by atoms with van der Waals surface area (Å²) in [5.74, 6) is 0. The molecule has 1 aliphatic carbocycles. The van der Waals surface area contributed by atoms with E-state index in [-0.39, 0.29) is 0 Å². The Labute approximate surface area is 152 Å². The van der Waals surface area contributed by atoms with Gasteiger partial charge in [-0.05, 0) is 40.0 Å². The van der Waals surface area contributed by atoms with E-state index in [0.29, 0.717) is 0 Å². The second kappa shape index (κ2) is 6.08. The Kier molecular flexibility index (Phi) is 3.46. The highest BCUT2D eigenvalue weighted by atomic mass is 14.6. The molecule has 0 bridgehead atoms. The van der Waals surface area contributed by atoms with Crippen molar-refractivity contribution in [1.82, 2.24) is 9.97 Å². The lowest BCUT2D eigenvalue weighted by atomic mass is 9.90. The summed E-state index contributed by atoms with van der Waals surface area (Å²) in [5.41, 5.74) is 9.70. The molecule has 1 aliphatic rings. The summed E-state index contributed by atoms with van der Waals surface area (Å²) in [4.78, 5) is 8.72. The van der Waals surface area contributed by atoms with E-state index < -0.39 is 0 Å². The van der Waals surface area contributed by atoms with Crippen LogP contribution in [0, 0.1) is 0 Å². The maximum Gasteiger partial charge on any atom is 0.0346 e. The van der Waals surface area contributed by atoms with E-state index in [4.69, 9.17) is 0 Å². The fraction of sp³-hybridized carbons (Fsp3) is 0.